The summed E-state index contributed by atoms with van der Waals surface area (Å²) in [5.74, 6) is 0.481. The van der Waals surface area contributed by atoms with E-state index in [-0.39, 0.29) is 23.8 Å². The maximum absolute atomic E-state index is 14.3. The second-order valence-corrected chi connectivity index (χ2v) is 22.3. The van der Waals surface area contributed by atoms with E-state index in [4.69, 9.17) is 18.9 Å². The number of rotatable bonds is 4. The van der Waals surface area contributed by atoms with Crippen LogP contribution in [0.25, 0.3) is 0 Å². The number of ether oxygens (including phenoxy) is 4. The van der Waals surface area contributed by atoms with Crippen LogP contribution in [0, 0.1) is 11.8 Å². The molecule has 0 aliphatic carbocycles. The molecule has 6 heteroatoms. The van der Waals surface area contributed by atoms with Crippen LogP contribution in [-0.4, -0.2) is 25.2 Å². The minimum atomic E-state index is -0.824. The fourth-order valence-corrected chi connectivity index (χ4v) is 12.9. The topological polar surface area (TPSA) is 71.1 Å². The molecule has 0 saturated heterocycles. The summed E-state index contributed by atoms with van der Waals surface area (Å²) in [6.45, 7) is 4.75. The summed E-state index contributed by atoms with van der Waals surface area (Å²) in [6, 6.07) is 60.4. The average molecular weight is 1050 g/mol. The second kappa shape index (κ2) is 28.3. The molecule has 0 fully saturated rings. The second-order valence-electron chi connectivity index (χ2n) is 22.3. The smallest absolute Gasteiger partial charge is 0.337 e. The van der Waals surface area contributed by atoms with Crippen molar-refractivity contribution in [1.82, 2.24) is 0 Å². The Labute approximate surface area is 466 Å². The number of esters is 2. The first-order chi connectivity index (χ1) is 38.4. The Bertz CT molecular complexity index is 2580. The third kappa shape index (κ3) is 13.8. The highest BCUT2D eigenvalue weighted by atomic mass is 16.5. The molecule has 78 heavy (non-hydrogen) atoms. The molecule has 0 radical (unpaired) electrons. The van der Waals surface area contributed by atoms with Gasteiger partial charge in [0.15, 0.2) is 11.2 Å². The molecule has 6 nitrogen and oxygen atoms in total. The molecule has 0 spiro atoms. The van der Waals surface area contributed by atoms with Crippen molar-refractivity contribution in [2.75, 3.05) is 13.2 Å². The Morgan fingerprint density at radius 3 is 0.872 bits per heavy atom. The van der Waals surface area contributed by atoms with Crippen LogP contribution in [0.3, 0.4) is 0 Å². The fraction of sp³-hybridized carbons (Fsp3) is 0.417. The predicted molar refractivity (Wildman–Crippen MR) is 315 cm³/mol. The molecule has 6 aromatic carbocycles. The number of hydrogen-bond donors (Lipinski definition) is 0. The first-order valence-electron chi connectivity index (χ1n) is 29.9. The molecule has 6 aliphatic heterocycles. The van der Waals surface area contributed by atoms with Crippen molar-refractivity contribution in [3.8, 4) is 0 Å². The van der Waals surface area contributed by atoms with Crippen molar-refractivity contribution in [3.63, 3.8) is 0 Å². The Morgan fingerprint density at radius 2 is 0.577 bits per heavy atom. The van der Waals surface area contributed by atoms with E-state index in [9.17, 15) is 9.59 Å². The van der Waals surface area contributed by atoms with Crippen molar-refractivity contribution in [2.24, 2.45) is 11.8 Å². The molecule has 6 heterocycles. The van der Waals surface area contributed by atoms with Gasteiger partial charge in [0.2, 0.25) is 0 Å². The van der Waals surface area contributed by atoms with Gasteiger partial charge in [-0.3, -0.25) is 0 Å². The Hall–Kier alpha value is -6.66. The average Bonchev–Trinajstić information content (AvgIpc) is 4.17. The van der Waals surface area contributed by atoms with Crippen LogP contribution >= 0.6 is 0 Å². The van der Waals surface area contributed by atoms with E-state index in [0.29, 0.717) is 35.9 Å². The summed E-state index contributed by atoms with van der Waals surface area (Å²) in [5, 5.41) is 0. The van der Waals surface area contributed by atoms with Crippen LogP contribution < -0.4 is 0 Å². The van der Waals surface area contributed by atoms with Crippen molar-refractivity contribution < 1.29 is 28.5 Å². The quantitative estimate of drug-likeness (QED) is 0.164. The van der Waals surface area contributed by atoms with Gasteiger partial charge in [0, 0.05) is 34.1 Å². The predicted octanol–water partition coefficient (Wildman–Crippen LogP) is 17.4. The highest BCUT2D eigenvalue weighted by Gasteiger charge is 2.54. The number of aryl methyl sites for hydroxylation is 4. The molecule has 0 amide bonds. The zero-order valence-corrected chi connectivity index (χ0v) is 46.7. The molecule has 0 aromatic heterocycles. The Kier molecular flexibility index (Phi) is 20.3. The highest BCUT2D eigenvalue weighted by molar-refractivity contribution is 5.91. The molecule has 0 saturated carbocycles. The van der Waals surface area contributed by atoms with E-state index in [0.717, 1.165) is 164 Å². The van der Waals surface area contributed by atoms with Crippen molar-refractivity contribution in [1.29, 1.82) is 0 Å². The first kappa shape index (κ1) is 56.1. The van der Waals surface area contributed by atoms with Crippen LogP contribution in [-0.2, 0) is 65.4 Å². The van der Waals surface area contributed by atoms with Gasteiger partial charge in [-0.2, -0.15) is 0 Å². The van der Waals surface area contributed by atoms with Crippen LogP contribution in [0.1, 0.15) is 174 Å². The molecule has 2 atom stereocenters. The van der Waals surface area contributed by atoms with Gasteiger partial charge in [0.1, 0.15) is 11.5 Å². The summed E-state index contributed by atoms with van der Waals surface area (Å²) in [7, 11) is 0. The van der Waals surface area contributed by atoms with E-state index in [1.807, 2.05) is 38.1 Å². The molecular formula is C72H84O6. The highest BCUT2D eigenvalue weighted by Crippen LogP contribution is 2.55. The van der Waals surface area contributed by atoms with Gasteiger partial charge < -0.3 is 18.9 Å². The summed E-state index contributed by atoms with van der Waals surface area (Å²) >= 11 is 0. The van der Waals surface area contributed by atoms with E-state index >= 15 is 0 Å². The largest absolute Gasteiger partial charge is 0.481 e. The minimum Gasteiger partial charge on any atom is -0.481 e. The fourth-order valence-electron chi connectivity index (χ4n) is 12.9. The van der Waals surface area contributed by atoms with Gasteiger partial charge in [-0.1, -0.05) is 234 Å². The summed E-state index contributed by atoms with van der Waals surface area (Å²) in [5.41, 5.74) is 9.45. The SMILES string of the molecule is CC1=C2C(=O)OCCCCCCCc3ccc(cc3)CCCCCCCOC(=O)C3=C(C)OC(c4ccccc4)(c4ccccc4)C3CCCCCc3ccc(cc3)CCCCCC2C(c2ccccc2)(c2ccccc2)O1. The molecule has 4 bridgehead atoms. The molecule has 408 valence electrons. The lowest BCUT2D eigenvalue weighted by Gasteiger charge is -2.37. The molecule has 2 unspecified atom stereocenters. The third-order valence-corrected chi connectivity index (χ3v) is 17.0. The van der Waals surface area contributed by atoms with Gasteiger partial charge in [-0.25, -0.2) is 9.59 Å². The molecule has 6 aromatic rings. The van der Waals surface area contributed by atoms with Gasteiger partial charge in [0.25, 0.3) is 0 Å². The first-order valence-corrected chi connectivity index (χ1v) is 29.9. The lowest BCUT2D eigenvalue weighted by molar-refractivity contribution is -0.140. The maximum Gasteiger partial charge on any atom is 0.337 e. The number of benzene rings is 6. The summed E-state index contributed by atoms with van der Waals surface area (Å²) in [6.07, 6.45) is 22.6. The number of carbonyl (C=O) groups excluding carboxylic acids is 2. The Balaban J connectivity index is 0.875. The van der Waals surface area contributed by atoms with Gasteiger partial charge >= 0.3 is 11.9 Å². The summed E-state index contributed by atoms with van der Waals surface area (Å²) in [4.78, 5) is 28.5. The van der Waals surface area contributed by atoms with E-state index in [1.165, 1.54) is 22.3 Å². The Morgan fingerprint density at radius 1 is 0.321 bits per heavy atom. The standard InChI is InChI=1S/C72H84O6/c1-55-67-65(71(77-55,61-35-19-11-20-36-61)62-37-21-12-22-38-62)43-27-9-17-33-59-49-51-60(52-50-59)34-18-10-28-44-66-68(56(2)78-72(66,63-39-23-13-24-40-63)64-41-25-14-26-42-64)70(74)76-54-30-8-4-6-16-32-58-47-45-57(46-48-58)31-15-5-3-7-29-53-75-69(67)73/h11-14,19-26,35-42,45-52,65-66H,3-10,15-18,27-34,43-44,53-54H2,1-2H3. The van der Waals surface area contributed by atoms with Crippen LogP contribution in [0.4, 0.5) is 0 Å². The molecule has 6 aliphatic rings. The van der Waals surface area contributed by atoms with Crippen molar-refractivity contribution in [3.05, 3.63) is 237 Å². The van der Waals surface area contributed by atoms with Crippen LogP contribution in [0.2, 0.25) is 0 Å². The lowest BCUT2D eigenvalue weighted by atomic mass is 9.72. The number of carbonyl (C=O) groups is 2. The lowest BCUT2D eigenvalue weighted by Crippen LogP contribution is -2.37. The maximum atomic E-state index is 14.3. The van der Waals surface area contributed by atoms with Gasteiger partial charge in [-0.05, 0) is 113 Å². The zero-order chi connectivity index (χ0) is 53.8. The van der Waals surface area contributed by atoms with Crippen molar-refractivity contribution >= 4 is 11.9 Å². The van der Waals surface area contributed by atoms with E-state index in [1.54, 1.807) is 0 Å². The number of hydrogen-bond acceptors (Lipinski definition) is 6. The van der Waals surface area contributed by atoms with Crippen LogP contribution in [0.15, 0.2) is 193 Å². The van der Waals surface area contributed by atoms with Gasteiger partial charge in [0.05, 0.1) is 24.4 Å². The summed E-state index contributed by atoms with van der Waals surface area (Å²) < 4.78 is 26.3. The zero-order valence-electron chi connectivity index (χ0n) is 46.7. The van der Waals surface area contributed by atoms with Crippen LogP contribution in [0.5, 0.6) is 0 Å². The minimum absolute atomic E-state index is 0.191. The normalized spacial score (nSPS) is 21.1. The molecular weight excluding hydrogens is 961 g/mol. The third-order valence-electron chi connectivity index (χ3n) is 17.0. The number of allylic oxidation sites excluding steroid dienone is 2. The monoisotopic (exact) mass is 1040 g/mol. The van der Waals surface area contributed by atoms with Gasteiger partial charge in [-0.15, -0.1) is 0 Å². The van der Waals surface area contributed by atoms with Crippen molar-refractivity contribution in [2.45, 2.75) is 166 Å². The molecule has 0 N–H and O–H groups in total. The molecule has 12 rings (SSSR count). The van der Waals surface area contributed by atoms with E-state index in [2.05, 4.69) is 146 Å². The van der Waals surface area contributed by atoms with E-state index < -0.39 is 11.2 Å².